The van der Waals surface area contributed by atoms with Crippen molar-refractivity contribution in [3.05, 3.63) is 99.8 Å². The van der Waals surface area contributed by atoms with Gasteiger partial charge in [-0.1, -0.05) is 63.2 Å². The molecule has 4 aliphatic rings. The SMILES string of the molecule is CC(C)(C)c1ccc2c(c1)[C@H]1c3ccccc3[C@H]2[C@@H]2C(=O)N(c3ccc([NH+]([O-])O)cc3)C(=O)[C@H]12. The maximum absolute atomic E-state index is 13.8. The number of anilines is 1. The van der Waals surface area contributed by atoms with E-state index in [0.29, 0.717) is 5.69 Å². The van der Waals surface area contributed by atoms with Crippen LogP contribution in [0.4, 0.5) is 11.4 Å². The summed E-state index contributed by atoms with van der Waals surface area (Å²) in [6, 6.07) is 20.7. The van der Waals surface area contributed by atoms with Crippen molar-refractivity contribution in [3.63, 3.8) is 0 Å². The molecule has 34 heavy (non-hydrogen) atoms. The first-order valence-electron chi connectivity index (χ1n) is 11.6. The van der Waals surface area contributed by atoms with Gasteiger partial charge in [0.2, 0.25) is 11.8 Å². The van der Waals surface area contributed by atoms with Gasteiger partial charge in [-0.05, 0) is 45.4 Å². The van der Waals surface area contributed by atoms with E-state index in [2.05, 4.69) is 51.1 Å². The Bertz CT molecular complexity index is 1340. The fourth-order valence-electron chi connectivity index (χ4n) is 6.20. The molecule has 1 saturated heterocycles. The number of benzene rings is 3. The lowest BCUT2D eigenvalue weighted by Gasteiger charge is -2.46. The summed E-state index contributed by atoms with van der Waals surface area (Å²) >= 11 is 0. The molecule has 0 aromatic heterocycles. The summed E-state index contributed by atoms with van der Waals surface area (Å²) in [5.74, 6) is -1.67. The van der Waals surface area contributed by atoms with E-state index in [-0.39, 0.29) is 34.8 Å². The molecule has 1 heterocycles. The second kappa shape index (κ2) is 7.09. The number of nitrogens with zero attached hydrogens (tertiary/aromatic N) is 1. The number of imide groups is 1. The number of amides is 2. The van der Waals surface area contributed by atoms with Gasteiger partial charge in [-0.2, -0.15) is 5.23 Å². The summed E-state index contributed by atoms with van der Waals surface area (Å²) in [5, 5.41) is 19.4. The van der Waals surface area contributed by atoms with E-state index < -0.39 is 17.1 Å². The molecule has 172 valence electrons. The van der Waals surface area contributed by atoms with Crippen molar-refractivity contribution in [1.29, 1.82) is 0 Å². The Morgan fingerprint density at radius 3 is 1.85 bits per heavy atom. The van der Waals surface area contributed by atoms with Crippen LogP contribution >= 0.6 is 0 Å². The Hall–Kier alpha value is -3.32. The van der Waals surface area contributed by atoms with Crippen LogP contribution in [0.5, 0.6) is 0 Å². The Morgan fingerprint density at radius 1 is 0.794 bits per heavy atom. The van der Waals surface area contributed by atoms with Crippen LogP contribution in [0.3, 0.4) is 0 Å². The van der Waals surface area contributed by atoms with Gasteiger partial charge in [0.1, 0.15) is 0 Å². The predicted octanol–water partition coefficient (Wildman–Crippen LogP) is 3.78. The van der Waals surface area contributed by atoms with Gasteiger partial charge >= 0.3 is 0 Å². The molecule has 1 aliphatic heterocycles. The Kier molecular flexibility index (Phi) is 4.43. The van der Waals surface area contributed by atoms with Gasteiger partial charge in [0, 0.05) is 24.0 Å². The highest BCUT2D eigenvalue weighted by atomic mass is 16.8. The first-order chi connectivity index (χ1) is 16.2. The molecule has 2 amide bonds. The van der Waals surface area contributed by atoms with Gasteiger partial charge in [-0.3, -0.25) is 9.59 Å². The minimum Gasteiger partial charge on any atom is -0.595 e. The molecule has 0 radical (unpaired) electrons. The maximum Gasteiger partial charge on any atom is 0.238 e. The van der Waals surface area contributed by atoms with Crippen LogP contribution in [-0.2, 0) is 15.0 Å². The van der Waals surface area contributed by atoms with E-state index in [4.69, 9.17) is 0 Å². The minimum atomic E-state index is -1.04. The highest BCUT2D eigenvalue weighted by molar-refractivity contribution is 6.23. The number of rotatable bonds is 2. The van der Waals surface area contributed by atoms with E-state index in [1.807, 2.05) is 12.1 Å². The lowest BCUT2D eigenvalue weighted by Crippen LogP contribution is -2.99. The second-order valence-electron chi connectivity index (χ2n) is 10.6. The van der Waals surface area contributed by atoms with Gasteiger partial charge < -0.3 is 5.21 Å². The van der Waals surface area contributed by atoms with Crippen molar-refractivity contribution in [2.45, 2.75) is 38.0 Å². The molecule has 6 nitrogen and oxygen atoms in total. The number of quaternary nitrogens is 1. The van der Waals surface area contributed by atoms with Crippen LogP contribution in [0.2, 0.25) is 0 Å². The van der Waals surface area contributed by atoms with Gasteiger partial charge in [-0.15, -0.1) is 0 Å². The standard InChI is InChI=1S/C28H26N2O4/c1-28(2,3)15-8-13-20-21(14-15)23-19-7-5-4-6-18(19)22(20)24-25(23)27(32)29(26(24)31)16-9-11-17(12-10-16)30(33)34/h4-14,22-25,30,33H,1-3H3/t22-,23-,24+,25-/m1/s1. The van der Waals surface area contributed by atoms with Crippen LogP contribution in [0.15, 0.2) is 66.7 Å². The van der Waals surface area contributed by atoms with Crippen molar-refractivity contribution in [2.24, 2.45) is 11.8 Å². The molecule has 5 atom stereocenters. The zero-order chi connectivity index (χ0) is 23.9. The van der Waals surface area contributed by atoms with Crippen LogP contribution in [0.1, 0.15) is 60.4 Å². The van der Waals surface area contributed by atoms with Gasteiger partial charge in [0.05, 0.1) is 17.5 Å². The van der Waals surface area contributed by atoms with Crippen molar-refractivity contribution >= 4 is 23.2 Å². The number of nitrogens with one attached hydrogen (secondary N) is 1. The molecule has 1 unspecified atom stereocenters. The van der Waals surface area contributed by atoms with E-state index in [9.17, 15) is 20.0 Å². The van der Waals surface area contributed by atoms with Crippen LogP contribution in [0.25, 0.3) is 0 Å². The molecule has 3 aromatic rings. The third-order valence-electron chi connectivity index (χ3n) is 7.78. The van der Waals surface area contributed by atoms with E-state index >= 15 is 0 Å². The summed E-state index contributed by atoms with van der Waals surface area (Å²) in [5.41, 5.74) is 6.30. The zero-order valence-electron chi connectivity index (χ0n) is 19.3. The summed E-state index contributed by atoms with van der Waals surface area (Å²) < 4.78 is 0. The molecule has 2 N–H and O–H groups in total. The molecular formula is C28H26N2O4. The largest absolute Gasteiger partial charge is 0.595 e. The average molecular weight is 455 g/mol. The molecule has 0 spiro atoms. The molecule has 0 saturated carbocycles. The smallest absolute Gasteiger partial charge is 0.238 e. The summed E-state index contributed by atoms with van der Waals surface area (Å²) in [6.07, 6.45) is 0. The van der Waals surface area contributed by atoms with Crippen molar-refractivity contribution in [1.82, 2.24) is 0 Å². The average Bonchev–Trinajstić information content (AvgIpc) is 3.08. The minimum absolute atomic E-state index is 0.0297. The van der Waals surface area contributed by atoms with E-state index in [1.165, 1.54) is 22.6 Å². The summed E-state index contributed by atoms with van der Waals surface area (Å²) in [6.45, 7) is 6.54. The molecular weight excluding hydrogens is 428 g/mol. The van der Waals surface area contributed by atoms with E-state index in [0.717, 1.165) is 22.3 Å². The molecule has 3 aliphatic carbocycles. The van der Waals surface area contributed by atoms with Crippen molar-refractivity contribution in [3.8, 4) is 0 Å². The fourth-order valence-corrected chi connectivity index (χ4v) is 6.20. The quantitative estimate of drug-likeness (QED) is 0.456. The van der Waals surface area contributed by atoms with Crippen molar-refractivity contribution in [2.75, 3.05) is 4.90 Å². The van der Waals surface area contributed by atoms with Gasteiger partial charge in [-0.25, -0.2) is 10.1 Å². The number of carbonyl (C=O) groups is 2. The molecule has 6 heteroatoms. The van der Waals surface area contributed by atoms with E-state index in [1.54, 1.807) is 12.1 Å². The molecule has 7 rings (SSSR count). The zero-order valence-corrected chi connectivity index (χ0v) is 19.3. The number of hydrogen-bond donors (Lipinski definition) is 2. The molecule has 3 aromatic carbocycles. The summed E-state index contributed by atoms with van der Waals surface area (Å²) in [4.78, 5) is 28.9. The van der Waals surface area contributed by atoms with Crippen LogP contribution in [-0.4, -0.2) is 17.0 Å². The number of hydrogen-bond acceptors (Lipinski definition) is 4. The monoisotopic (exact) mass is 454 g/mol. The number of carbonyl (C=O) groups excluding carboxylic acids is 2. The summed E-state index contributed by atoms with van der Waals surface area (Å²) in [7, 11) is 0. The fraction of sp³-hybridized carbons (Fsp3) is 0.286. The first kappa shape index (κ1) is 21.2. The topological polar surface area (TPSA) is 85.1 Å². The lowest BCUT2D eigenvalue weighted by atomic mass is 9.54. The Labute approximate surface area is 198 Å². The highest BCUT2D eigenvalue weighted by Gasteiger charge is 2.61. The first-order valence-corrected chi connectivity index (χ1v) is 11.6. The van der Waals surface area contributed by atoms with Gasteiger partial charge in [0.15, 0.2) is 5.69 Å². The Balaban J connectivity index is 1.51. The predicted molar refractivity (Wildman–Crippen MR) is 127 cm³/mol. The van der Waals surface area contributed by atoms with Crippen LogP contribution < -0.4 is 10.1 Å². The molecule has 2 bridgehead atoms. The Morgan fingerprint density at radius 2 is 1.32 bits per heavy atom. The van der Waals surface area contributed by atoms with Crippen LogP contribution in [0, 0.1) is 17.0 Å². The third-order valence-corrected chi connectivity index (χ3v) is 7.78. The maximum atomic E-state index is 13.8. The normalized spacial score (nSPS) is 25.7. The molecule has 1 fully saturated rings. The third kappa shape index (κ3) is 2.79. The highest BCUT2D eigenvalue weighted by Crippen LogP contribution is 2.61. The lowest BCUT2D eigenvalue weighted by molar-refractivity contribution is -0.991. The second-order valence-corrected chi connectivity index (χ2v) is 10.6. The van der Waals surface area contributed by atoms with Gasteiger partial charge in [0.25, 0.3) is 0 Å². The van der Waals surface area contributed by atoms with Crippen molar-refractivity contribution < 1.29 is 20.0 Å².